The zero-order valence-electron chi connectivity index (χ0n) is 12.3. The number of hydrogen-bond donors (Lipinski definition) is 1. The lowest BCUT2D eigenvalue weighted by molar-refractivity contribution is -0.118. The van der Waals surface area contributed by atoms with Crippen molar-refractivity contribution >= 4 is 22.0 Å². The zero-order chi connectivity index (χ0) is 16.0. The summed E-state index contributed by atoms with van der Waals surface area (Å²) >= 11 is 0. The minimum Gasteiger partial charge on any atom is -0.361 e. The zero-order valence-corrected chi connectivity index (χ0v) is 13.1. The topological polar surface area (TPSA) is 99.6 Å². The molecule has 114 valence electrons. The number of aryl methyl sites for hydroxylation is 1. The minimum absolute atomic E-state index is 0.0927. The van der Waals surface area contributed by atoms with E-state index in [4.69, 9.17) is 5.53 Å². The fourth-order valence-electron chi connectivity index (χ4n) is 1.78. The summed E-state index contributed by atoms with van der Waals surface area (Å²) in [4.78, 5) is 14.6. The smallest absolute Gasteiger partial charge is 0.324 e. The summed E-state index contributed by atoms with van der Waals surface area (Å²) in [6, 6.07) is 5.37. The molecule has 0 aliphatic rings. The van der Waals surface area contributed by atoms with Crippen LogP contribution in [0.5, 0.6) is 0 Å². The van der Waals surface area contributed by atoms with Gasteiger partial charge in [-0.2, -0.15) is 9.51 Å². The molecule has 2 atom stereocenters. The second-order valence-electron chi connectivity index (χ2n) is 4.94. The standard InChI is InChI=1S/C14H19N3O3S/c1-4-11(3)14(13(18)9-16-15)17-21(19,20)12-7-5-10(2)6-8-12/h5-9,11,14,17H,4H2,1-3H3/t11-,14-/m1/s1. The van der Waals surface area contributed by atoms with Crippen LogP contribution in [0.15, 0.2) is 29.2 Å². The highest BCUT2D eigenvalue weighted by atomic mass is 32.2. The van der Waals surface area contributed by atoms with E-state index in [9.17, 15) is 13.2 Å². The first-order valence-corrected chi connectivity index (χ1v) is 8.10. The van der Waals surface area contributed by atoms with Gasteiger partial charge in [-0.05, 0) is 25.0 Å². The summed E-state index contributed by atoms with van der Waals surface area (Å²) in [5, 5.41) is 0. The first kappa shape index (κ1) is 17.2. The van der Waals surface area contributed by atoms with Gasteiger partial charge in [-0.15, -0.1) is 0 Å². The Hall–Kier alpha value is -1.82. The number of hydrogen-bond acceptors (Lipinski definition) is 3. The number of carbonyl (C=O) groups excluding carboxylic acids is 1. The van der Waals surface area contributed by atoms with Crippen LogP contribution in [-0.4, -0.2) is 31.2 Å². The molecular formula is C14H19N3O3S. The Bertz CT molecular complexity index is 647. The number of rotatable bonds is 7. The molecular weight excluding hydrogens is 290 g/mol. The normalized spacial score (nSPS) is 14.0. The third-order valence-electron chi connectivity index (χ3n) is 3.32. The fourth-order valence-corrected chi connectivity index (χ4v) is 3.09. The number of sulfonamides is 1. The van der Waals surface area contributed by atoms with E-state index in [0.29, 0.717) is 12.6 Å². The molecule has 1 rings (SSSR count). The Labute approximate surface area is 124 Å². The van der Waals surface area contributed by atoms with Crippen molar-refractivity contribution in [3.05, 3.63) is 35.4 Å². The van der Waals surface area contributed by atoms with Crippen molar-refractivity contribution in [2.75, 3.05) is 0 Å². The molecule has 1 N–H and O–H groups in total. The van der Waals surface area contributed by atoms with E-state index in [1.165, 1.54) is 12.1 Å². The van der Waals surface area contributed by atoms with Crippen LogP contribution >= 0.6 is 0 Å². The number of nitrogens with one attached hydrogen (secondary N) is 1. The van der Waals surface area contributed by atoms with Crippen LogP contribution in [0.4, 0.5) is 0 Å². The third-order valence-corrected chi connectivity index (χ3v) is 4.77. The van der Waals surface area contributed by atoms with E-state index < -0.39 is 21.8 Å². The average Bonchev–Trinajstić information content (AvgIpc) is 2.44. The summed E-state index contributed by atoms with van der Waals surface area (Å²) in [6.45, 7) is 5.46. The average molecular weight is 309 g/mol. The Morgan fingerprint density at radius 3 is 2.43 bits per heavy atom. The Morgan fingerprint density at radius 2 is 1.95 bits per heavy atom. The van der Waals surface area contributed by atoms with Crippen molar-refractivity contribution in [3.8, 4) is 0 Å². The van der Waals surface area contributed by atoms with Gasteiger partial charge in [0, 0.05) is 0 Å². The van der Waals surface area contributed by atoms with Gasteiger partial charge in [0.15, 0.2) is 0 Å². The molecule has 0 unspecified atom stereocenters. The summed E-state index contributed by atoms with van der Waals surface area (Å²) in [5.41, 5.74) is 9.40. The Morgan fingerprint density at radius 1 is 1.38 bits per heavy atom. The van der Waals surface area contributed by atoms with Crippen molar-refractivity contribution in [2.45, 2.75) is 38.1 Å². The lowest BCUT2D eigenvalue weighted by Crippen LogP contribution is -2.45. The maximum atomic E-state index is 12.3. The van der Waals surface area contributed by atoms with Crippen LogP contribution in [0.3, 0.4) is 0 Å². The monoisotopic (exact) mass is 309 g/mol. The molecule has 21 heavy (non-hydrogen) atoms. The van der Waals surface area contributed by atoms with Crippen LogP contribution in [0.2, 0.25) is 0 Å². The molecule has 7 heteroatoms. The Balaban J connectivity index is 3.09. The summed E-state index contributed by atoms with van der Waals surface area (Å²) in [7, 11) is -3.81. The Kier molecular flexibility index (Phi) is 5.96. The number of Topliss-reactive ketones (excluding diaryl/α,β-unsaturated/α-hetero) is 1. The van der Waals surface area contributed by atoms with Gasteiger partial charge in [0.2, 0.25) is 10.0 Å². The number of carbonyl (C=O) groups is 1. The molecule has 0 saturated carbocycles. The first-order chi connectivity index (χ1) is 9.81. The van der Waals surface area contributed by atoms with Gasteiger partial charge in [-0.3, -0.25) is 4.79 Å². The van der Waals surface area contributed by atoms with Crippen molar-refractivity contribution < 1.29 is 18.0 Å². The van der Waals surface area contributed by atoms with E-state index >= 15 is 0 Å². The van der Waals surface area contributed by atoms with Crippen LogP contribution in [-0.2, 0) is 14.8 Å². The van der Waals surface area contributed by atoms with Crippen LogP contribution in [0, 0.1) is 12.8 Å². The maximum Gasteiger partial charge on any atom is 0.324 e. The van der Waals surface area contributed by atoms with Gasteiger partial charge in [-0.25, -0.2) is 8.42 Å². The molecule has 0 spiro atoms. The molecule has 0 amide bonds. The number of benzene rings is 1. The van der Waals surface area contributed by atoms with Gasteiger partial charge in [-0.1, -0.05) is 38.0 Å². The summed E-state index contributed by atoms with van der Waals surface area (Å²) in [5.74, 6) is -0.807. The van der Waals surface area contributed by atoms with Crippen molar-refractivity contribution in [3.63, 3.8) is 0 Å². The van der Waals surface area contributed by atoms with E-state index in [1.807, 2.05) is 13.8 Å². The van der Waals surface area contributed by atoms with Gasteiger partial charge < -0.3 is 5.53 Å². The van der Waals surface area contributed by atoms with Crippen LogP contribution in [0.25, 0.3) is 5.53 Å². The molecule has 0 fully saturated rings. The van der Waals surface area contributed by atoms with Gasteiger partial charge >= 0.3 is 6.21 Å². The highest BCUT2D eigenvalue weighted by molar-refractivity contribution is 7.89. The fraction of sp³-hybridized carbons (Fsp3) is 0.429. The molecule has 6 nitrogen and oxygen atoms in total. The quantitative estimate of drug-likeness (QED) is 0.470. The highest BCUT2D eigenvalue weighted by Crippen LogP contribution is 2.14. The predicted octanol–water partition coefficient (Wildman–Crippen LogP) is 1.56. The SMILES string of the molecule is CC[C@@H](C)[C@@H](NS(=O)(=O)c1ccc(C)cc1)C(=O)C=[N+]=[N-]. The second-order valence-corrected chi connectivity index (χ2v) is 6.66. The maximum absolute atomic E-state index is 12.3. The van der Waals surface area contributed by atoms with Crippen molar-refractivity contribution in [2.24, 2.45) is 5.92 Å². The molecule has 0 aliphatic carbocycles. The van der Waals surface area contributed by atoms with Crippen molar-refractivity contribution in [1.29, 1.82) is 0 Å². The molecule has 1 aromatic carbocycles. The third kappa shape index (κ3) is 4.60. The lowest BCUT2D eigenvalue weighted by atomic mass is 9.97. The van der Waals surface area contributed by atoms with E-state index in [1.54, 1.807) is 19.1 Å². The second kappa shape index (κ2) is 7.26. The number of ketones is 1. The molecule has 0 aromatic heterocycles. The first-order valence-electron chi connectivity index (χ1n) is 6.62. The van der Waals surface area contributed by atoms with Gasteiger partial charge in [0.1, 0.15) is 0 Å². The minimum atomic E-state index is -3.81. The molecule has 0 radical (unpaired) electrons. The molecule has 1 aromatic rings. The van der Waals surface area contributed by atoms with Crippen molar-refractivity contribution in [1.82, 2.24) is 4.72 Å². The summed E-state index contributed by atoms with van der Waals surface area (Å²) in [6.07, 6.45) is 1.32. The molecule has 0 saturated heterocycles. The van der Waals surface area contributed by atoms with Crippen LogP contribution < -0.4 is 4.72 Å². The van der Waals surface area contributed by atoms with E-state index in [-0.39, 0.29) is 10.8 Å². The summed E-state index contributed by atoms with van der Waals surface area (Å²) < 4.78 is 27.0. The molecule has 0 aliphatic heterocycles. The van der Waals surface area contributed by atoms with Gasteiger partial charge in [0.05, 0.1) is 10.9 Å². The molecule has 0 bridgehead atoms. The van der Waals surface area contributed by atoms with Gasteiger partial charge in [0.25, 0.3) is 5.78 Å². The number of nitrogens with zero attached hydrogens (tertiary/aromatic N) is 2. The lowest BCUT2D eigenvalue weighted by Gasteiger charge is -2.20. The van der Waals surface area contributed by atoms with E-state index in [0.717, 1.165) is 5.56 Å². The van der Waals surface area contributed by atoms with Crippen LogP contribution in [0.1, 0.15) is 25.8 Å². The predicted molar refractivity (Wildman–Crippen MR) is 79.4 cm³/mol. The largest absolute Gasteiger partial charge is 0.361 e. The molecule has 0 heterocycles. The highest BCUT2D eigenvalue weighted by Gasteiger charge is 2.30. The van der Waals surface area contributed by atoms with E-state index in [2.05, 4.69) is 9.51 Å².